The van der Waals surface area contributed by atoms with Crippen LogP contribution >= 0.6 is 15.9 Å². The average molecular weight is 371 g/mol. The van der Waals surface area contributed by atoms with E-state index in [1.54, 1.807) is 6.07 Å². The monoisotopic (exact) mass is 370 g/mol. The lowest BCUT2D eigenvalue weighted by Gasteiger charge is -2.10. The smallest absolute Gasteiger partial charge is 0.281 e. The second-order valence-corrected chi connectivity index (χ2v) is 5.89. The molecule has 1 N–H and O–H groups in total. The summed E-state index contributed by atoms with van der Waals surface area (Å²) in [5, 5.41) is 7.33. The molecule has 0 saturated heterocycles. The van der Waals surface area contributed by atoms with Gasteiger partial charge in [0.25, 0.3) is 5.91 Å². The van der Waals surface area contributed by atoms with Gasteiger partial charge in [-0.15, -0.1) is 5.10 Å². The van der Waals surface area contributed by atoms with Crippen molar-refractivity contribution in [3.63, 3.8) is 0 Å². The molecular weight excluding hydrogens is 356 g/mol. The fourth-order valence-electron chi connectivity index (χ4n) is 2.27. The van der Waals surface area contributed by atoms with E-state index in [1.165, 1.54) is 4.68 Å². The molecule has 0 aliphatic carbocycles. The van der Waals surface area contributed by atoms with Gasteiger partial charge in [0, 0.05) is 11.3 Å². The number of hydrogen-bond donors (Lipinski definition) is 1. The zero-order valence-electron chi connectivity index (χ0n) is 12.7. The highest BCUT2D eigenvalue weighted by Crippen LogP contribution is 2.21. The van der Waals surface area contributed by atoms with Crippen LogP contribution in [0.2, 0.25) is 0 Å². The molecule has 0 atom stereocenters. The van der Waals surface area contributed by atoms with Gasteiger partial charge in [-0.2, -0.15) is 9.67 Å². The van der Waals surface area contributed by atoms with Crippen LogP contribution in [0.15, 0.2) is 53.3 Å². The third kappa shape index (κ3) is 3.17. The van der Waals surface area contributed by atoms with E-state index in [0.717, 1.165) is 16.8 Å². The number of nitrogens with zero attached hydrogens (tertiary/aromatic N) is 3. The highest BCUT2D eigenvalue weighted by molar-refractivity contribution is 9.10. The third-order valence-electron chi connectivity index (χ3n) is 3.54. The number of para-hydroxylation sites is 1. The van der Waals surface area contributed by atoms with Gasteiger partial charge in [-0.05, 0) is 53.0 Å². The lowest BCUT2D eigenvalue weighted by atomic mass is 10.1. The van der Waals surface area contributed by atoms with E-state index in [2.05, 4.69) is 31.3 Å². The molecule has 3 rings (SSSR count). The van der Waals surface area contributed by atoms with Crippen LogP contribution < -0.4 is 5.32 Å². The Labute approximate surface area is 142 Å². The largest absolute Gasteiger partial charge is 0.324 e. The van der Waals surface area contributed by atoms with Gasteiger partial charge in [0.2, 0.25) is 10.7 Å². The summed E-state index contributed by atoms with van der Waals surface area (Å²) in [6, 6.07) is 15.2. The molecule has 2 aromatic carbocycles. The summed E-state index contributed by atoms with van der Waals surface area (Å²) < 4.78 is 1.63. The Morgan fingerprint density at radius 2 is 1.70 bits per heavy atom. The van der Waals surface area contributed by atoms with E-state index in [4.69, 9.17) is 0 Å². The molecule has 0 bridgehead atoms. The number of hydrogen-bond acceptors (Lipinski definition) is 4. The molecule has 3 aromatic rings. The molecule has 1 aromatic heterocycles. The lowest BCUT2D eigenvalue weighted by Crippen LogP contribution is -2.17. The molecule has 23 heavy (non-hydrogen) atoms. The molecule has 0 fully saturated rings. The van der Waals surface area contributed by atoms with Gasteiger partial charge in [-0.3, -0.25) is 4.79 Å². The second-order valence-electron chi connectivity index (χ2n) is 5.18. The first kappa shape index (κ1) is 15.4. The quantitative estimate of drug-likeness (QED) is 0.754. The minimum Gasteiger partial charge on any atom is -0.324 e. The number of aromatic nitrogens is 3. The van der Waals surface area contributed by atoms with Gasteiger partial charge in [-0.25, -0.2) is 0 Å². The fourth-order valence-corrected chi connectivity index (χ4v) is 2.60. The van der Waals surface area contributed by atoms with E-state index >= 15 is 0 Å². The minimum absolute atomic E-state index is 0.225. The summed E-state index contributed by atoms with van der Waals surface area (Å²) in [4.78, 5) is 17.0. The maximum Gasteiger partial charge on any atom is 0.281 e. The van der Waals surface area contributed by atoms with Crippen LogP contribution in [-0.4, -0.2) is 20.7 Å². The summed E-state index contributed by atoms with van der Waals surface area (Å²) in [7, 11) is 0. The summed E-state index contributed by atoms with van der Waals surface area (Å²) in [6.07, 6.45) is 0. The van der Waals surface area contributed by atoms with Crippen LogP contribution in [0, 0.1) is 13.8 Å². The first-order valence-corrected chi connectivity index (χ1v) is 7.91. The maximum atomic E-state index is 12.8. The van der Waals surface area contributed by atoms with Gasteiger partial charge >= 0.3 is 0 Å². The summed E-state index contributed by atoms with van der Waals surface area (Å²) in [6.45, 7) is 3.88. The van der Waals surface area contributed by atoms with Crippen LogP contribution in [0.1, 0.15) is 21.5 Å². The molecule has 0 amide bonds. The van der Waals surface area contributed by atoms with Gasteiger partial charge in [0.1, 0.15) is 0 Å². The highest BCUT2D eigenvalue weighted by Gasteiger charge is 2.18. The minimum atomic E-state index is -0.225. The van der Waals surface area contributed by atoms with Crippen molar-refractivity contribution in [3.05, 3.63) is 70.0 Å². The van der Waals surface area contributed by atoms with Crippen molar-refractivity contribution in [2.45, 2.75) is 13.8 Å². The Bertz CT molecular complexity index is 873. The number of aryl methyl sites for hydroxylation is 2. The predicted molar refractivity (Wildman–Crippen MR) is 93.1 cm³/mol. The van der Waals surface area contributed by atoms with Crippen molar-refractivity contribution in [2.24, 2.45) is 0 Å². The summed E-state index contributed by atoms with van der Waals surface area (Å²) in [5.41, 5.74) is 3.43. The first-order valence-electron chi connectivity index (χ1n) is 7.12. The van der Waals surface area contributed by atoms with Gasteiger partial charge in [-0.1, -0.05) is 36.4 Å². The Balaban J connectivity index is 2.00. The van der Waals surface area contributed by atoms with E-state index in [9.17, 15) is 4.79 Å². The zero-order chi connectivity index (χ0) is 16.4. The number of benzene rings is 2. The van der Waals surface area contributed by atoms with Crippen LogP contribution in [0.4, 0.5) is 11.6 Å². The number of carbonyl (C=O) groups is 1. The van der Waals surface area contributed by atoms with Crippen molar-refractivity contribution in [1.82, 2.24) is 14.8 Å². The second kappa shape index (κ2) is 6.34. The Morgan fingerprint density at radius 1 is 1.04 bits per heavy atom. The maximum absolute atomic E-state index is 12.8. The molecule has 0 aliphatic heterocycles. The summed E-state index contributed by atoms with van der Waals surface area (Å²) >= 11 is 3.24. The molecule has 116 valence electrons. The molecule has 0 saturated carbocycles. The van der Waals surface area contributed by atoms with Gasteiger partial charge in [0.15, 0.2) is 0 Å². The normalized spacial score (nSPS) is 10.6. The van der Waals surface area contributed by atoms with E-state index in [-0.39, 0.29) is 5.91 Å². The number of nitrogens with one attached hydrogen (secondary N) is 1. The first-order chi connectivity index (χ1) is 11.1. The fraction of sp³-hybridized carbons (Fsp3) is 0.118. The van der Waals surface area contributed by atoms with Crippen molar-refractivity contribution in [3.8, 4) is 0 Å². The van der Waals surface area contributed by atoms with Crippen molar-refractivity contribution in [1.29, 1.82) is 0 Å². The molecule has 0 spiro atoms. The topological polar surface area (TPSA) is 59.8 Å². The Kier molecular flexibility index (Phi) is 4.25. The lowest BCUT2D eigenvalue weighted by molar-refractivity contribution is 0.0946. The molecule has 0 aliphatic rings. The average Bonchev–Trinajstić information content (AvgIpc) is 2.90. The standard InChI is InChI=1S/C17H15BrN4O/c1-11-7-3-5-9-13(11)15(23)22-17(20-16(18)21-22)19-14-10-6-4-8-12(14)2/h3-10H,1-2H3,(H,19,20,21). The Hall–Kier alpha value is -2.47. The number of carbonyl (C=O) groups excluding carboxylic acids is 1. The van der Waals surface area contributed by atoms with E-state index in [0.29, 0.717) is 16.2 Å². The molecule has 1 heterocycles. The molecule has 6 heteroatoms. The van der Waals surface area contributed by atoms with Crippen LogP contribution in [-0.2, 0) is 0 Å². The molecule has 0 unspecified atom stereocenters. The van der Waals surface area contributed by atoms with Gasteiger partial charge in [0.05, 0.1) is 0 Å². The molecule has 5 nitrogen and oxygen atoms in total. The summed E-state index contributed by atoms with van der Waals surface area (Å²) in [5.74, 6) is 0.150. The molecular formula is C17H15BrN4O. The van der Waals surface area contributed by atoms with Crippen LogP contribution in [0.25, 0.3) is 0 Å². The molecule has 0 radical (unpaired) electrons. The van der Waals surface area contributed by atoms with Crippen LogP contribution in [0.5, 0.6) is 0 Å². The Morgan fingerprint density at radius 3 is 2.39 bits per heavy atom. The van der Waals surface area contributed by atoms with Crippen molar-refractivity contribution < 1.29 is 4.79 Å². The zero-order valence-corrected chi connectivity index (χ0v) is 14.3. The van der Waals surface area contributed by atoms with Crippen molar-refractivity contribution in [2.75, 3.05) is 5.32 Å². The number of halogens is 1. The van der Waals surface area contributed by atoms with Gasteiger partial charge < -0.3 is 5.32 Å². The number of anilines is 2. The van der Waals surface area contributed by atoms with E-state index < -0.39 is 0 Å². The number of rotatable bonds is 3. The SMILES string of the molecule is Cc1ccccc1Nc1nc(Br)nn1C(=O)c1ccccc1C. The van der Waals surface area contributed by atoms with Crippen LogP contribution in [0.3, 0.4) is 0 Å². The van der Waals surface area contributed by atoms with Crippen molar-refractivity contribution >= 4 is 33.5 Å². The third-order valence-corrected chi connectivity index (χ3v) is 3.88. The highest BCUT2D eigenvalue weighted by atomic mass is 79.9. The predicted octanol–water partition coefficient (Wildman–Crippen LogP) is 4.09. The van der Waals surface area contributed by atoms with E-state index in [1.807, 2.05) is 56.3 Å².